The molecule has 1 aromatic heterocycles. The van der Waals surface area contributed by atoms with Crippen LogP contribution in [-0.2, 0) is 16.0 Å². The fraction of sp³-hybridized carbons (Fsp3) is 0.353. The van der Waals surface area contributed by atoms with Crippen LogP contribution in [0.15, 0.2) is 29.6 Å². The molecule has 1 amide bonds. The van der Waals surface area contributed by atoms with Crippen molar-refractivity contribution in [1.82, 2.24) is 10.3 Å². The summed E-state index contributed by atoms with van der Waals surface area (Å²) in [6.45, 7) is 0. The van der Waals surface area contributed by atoms with Gasteiger partial charge in [-0.05, 0) is 25.3 Å². The Labute approximate surface area is 148 Å². The third kappa shape index (κ3) is 3.94. The molecule has 3 rings (SSSR count). The molecule has 1 saturated carbocycles. The number of nitrogens with one attached hydrogen (secondary N) is 1. The summed E-state index contributed by atoms with van der Waals surface area (Å²) in [4.78, 5) is 27.6. The molecule has 0 aliphatic heterocycles. The molecule has 1 aliphatic rings. The van der Waals surface area contributed by atoms with Crippen molar-refractivity contribution in [2.24, 2.45) is 5.92 Å². The second-order valence-electron chi connectivity index (χ2n) is 5.91. The highest BCUT2D eigenvalue weighted by Gasteiger charge is 2.30. The first-order valence-corrected chi connectivity index (χ1v) is 9.00. The standard InChI is InChI=1S/C17H17ClN2O3S/c18-14-4-2-1-3-13(14)16-20-12(9-24-16)8-15(21)19-11-6-5-10(7-11)17(22)23/h1-4,9-11H,5-8H2,(H,19,21)(H,22,23)/t10-,11+/m0/s1. The first kappa shape index (κ1) is 16.9. The fourth-order valence-electron chi connectivity index (χ4n) is 2.93. The molecular weight excluding hydrogens is 348 g/mol. The number of halogens is 1. The monoisotopic (exact) mass is 364 g/mol. The number of aliphatic carboxylic acids is 1. The fourth-order valence-corrected chi connectivity index (χ4v) is 4.07. The molecule has 0 unspecified atom stereocenters. The lowest BCUT2D eigenvalue weighted by molar-refractivity contribution is -0.141. The Morgan fingerprint density at radius 1 is 1.33 bits per heavy atom. The number of carbonyl (C=O) groups excluding carboxylic acids is 1. The largest absolute Gasteiger partial charge is 0.481 e. The first-order valence-electron chi connectivity index (χ1n) is 7.74. The van der Waals surface area contributed by atoms with Gasteiger partial charge in [0.05, 0.1) is 23.1 Å². The summed E-state index contributed by atoms with van der Waals surface area (Å²) in [5, 5.41) is 15.2. The van der Waals surface area contributed by atoms with E-state index in [4.69, 9.17) is 16.7 Å². The molecule has 0 bridgehead atoms. The van der Waals surface area contributed by atoms with E-state index in [0.29, 0.717) is 30.0 Å². The maximum atomic E-state index is 12.1. The summed E-state index contributed by atoms with van der Waals surface area (Å²) in [6, 6.07) is 7.41. The van der Waals surface area contributed by atoms with Gasteiger partial charge in [0.2, 0.25) is 5.91 Å². The summed E-state index contributed by atoms with van der Waals surface area (Å²) in [6.07, 6.45) is 2.02. The van der Waals surface area contributed by atoms with Crippen LogP contribution in [0.4, 0.5) is 0 Å². The van der Waals surface area contributed by atoms with E-state index in [9.17, 15) is 9.59 Å². The molecule has 126 valence electrons. The highest BCUT2D eigenvalue weighted by Crippen LogP contribution is 2.30. The van der Waals surface area contributed by atoms with Crippen molar-refractivity contribution in [3.63, 3.8) is 0 Å². The van der Waals surface area contributed by atoms with Crippen LogP contribution in [0.5, 0.6) is 0 Å². The maximum absolute atomic E-state index is 12.1. The number of carboxylic acids is 1. The Morgan fingerprint density at radius 2 is 2.12 bits per heavy atom. The minimum Gasteiger partial charge on any atom is -0.481 e. The Hall–Kier alpha value is -1.92. The zero-order chi connectivity index (χ0) is 17.1. The van der Waals surface area contributed by atoms with E-state index >= 15 is 0 Å². The van der Waals surface area contributed by atoms with E-state index in [1.807, 2.05) is 29.6 Å². The molecule has 7 heteroatoms. The first-order chi connectivity index (χ1) is 11.5. The zero-order valence-electron chi connectivity index (χ0n) is 12.9. The van der Waals surface area contributed by atoms with Gasteiger partial charge in [-0.2, -0.15) is 0 Å². The number of amides is 1. The molecule has 2 atom stereocenters. The van der Waals surface area contributed by atoms with Gasteiger partial charge in [-0.25, -0.2) is 4.98 Å². The molecule has 1 heterocycles. The second-order valence-corrected chi connectivity index (χ2v) is 7.18. The van der Waals surface area contributed by atoms with Gasteiger partial charge < -0.3 is 10.4 Å². The van der Waals surface area contributed by atoms with Crippen LogP contribution >= 0.6 is 22.9 Å². The van der Waals surface area contributed by atoms with Gasteiger partial charge in [0.15, 0.2) is 0 Å². The Bertz CT molecular complexity index is 762. The van der Waals surface area contributed by atoms with E-state index in [1.165, 1.54) is 11.3 Å². The van der Waals surface area contributed by atoms with Gasteiger partial charge in [0.1, 0.15) is 5.01 Å². The quantitative estimate of drug-likeness (QED) is 0.852. The number of thiazole rings is 1. The Balaban J connectivity index is 1.58. The van der Waals surface area contributed by atoms with Crippen LogP contribution in [0.1, 0.15) is 25.0 Å². The average Bonchev–Trinajstić information content (AvgIpc) is 3.17. The molecule has 24 heavy (non-hydrogen) atoms. The smallest absolute Gasteiger partial charge is 0.306 e. The third-order valence-corrected chi connectivity index (χ3v) is 5.40. The summed E-state index contributed by atoms with van der Waals surface area (Å²) in [5.41, 5.74) is 1.55. The van der Waals surface area contributed by atoms with Gasteiger partial charge in [0, 0.05) is 17.0 Å². The summed E-state index contributed by atoms with van der Waals surface area (Å²) < 4.78 is 0. The van der Waals surface area contributed by atoms with E-state index in [1.54, 1.807) is 0 Å². The van der Waals surface area contributed by atoms with Crippen LogP contribution in [0.2, 0.25) is 5.02 Å². The lowest BCUT2D eigenvalue weighted by Crippen LogP contribution is -2.34. The number of benzene rings is 1. The molecule has 1 fully saturated rings. The molecule has 0 saturated heterocycles. The van der Waals surface area contributed by atoms with Crippen LogP contribution in [0, 0.1) is 5.92 Å². The van der Waals surface area contributed by atoms with Crippen molar-refractivity contribution in [3.05, 3.63) is 40.4 Å². The van der Waals surface area contributed by atoms with Crippen molar-refractivity contribution in [2.75, 3.05) is 0 Å². The van der Waals surface area contributed by atoms with Crippen LogP contribution in [-0.4, -0.2) is 28.0 Å². The van der Waals surface area contributed by atoms with Crippen molar-refractivity contribution >= 4 is 34.8 Å². The number of carbonyl (C=O) groups is 2. The van der Waals surface area contributed by atoms with E-state index in [2.05, 4.69) is 10.3 Å². The molecule has 0 radical (unpaired) electrons. The number of nitrogens with zero attached hydrogens (tertiary/aromatic N) is 1. The highest BCUT2D eigenvalue weighted by molar-refractivity contribution is 7.13. The normalized spacial score (nSPS) is 20.0. The van der Waals surface area contributed by atoms with Gasteiger partial charge in [-0.1, -0.05) is 29.8 Å². The second kappa shape index (κ2) is 7.32. The van der Waals surface area contributed by atoms with E-state index in [-0.39, 0.29) is 24.3 Å². The highest BCUT2D eigenvalue weighted by atomic mass is 35.5. The maximum Gasteiger partial charge on any atom is 0.306 e. The Morgan fingerprint density at radius 3 is 2.83 bits per heavy atom. The van der Waals surface area contributed by atoms with Crippen LogP contribution in [0.3, 0.4) is 0 Å². The molecule has 0 spiro atoms. The number of hydrogen-bond donors (Lipinski definition) is 2. The van der Waals surface area contributed by atoms with Crippen LogP contribution in [0.25, 0.3) is 10.6 Å². The minimum atomic E-state index is -0.782. The number of hydrogen-bond acceptors (Lipinski definition) is 4. The van der Waals surface area contributed by atoms with Crippen molar-refractivity contribution in [1.29, 1.82) is 0 Å². The average molecular weight is 365 g/mol. The lowest BCUT2D eigenvalue weighted by atomic mass is 10.1. The topological polar surface area (TPSA) is 79.3 Å². The molecule has 5 nitrogen and oxygen atoms in total. The Kier molecular flexibility index (Phi) is 5.16. The molecular formula is C17H17ClN2O3S. The molecule has 1 aromatic carbocycles. The van der Waals surface area contributed by atoms with Crippen molar-refractivity contribution in [3.8, 4) is 10.6 Å². The van der Waals surface area contributed by atoms with Crippen molar-refractivity contribution in [2.45, 2.75) is 31.7 Å². The number of carboxylic acid groups (broad SMARTS) is 1. The number of rotatable bonds is 5. The summed E-state index contributed by atoms with van der Waals surface area (Å²) in [5.74, 6) is -1.25. The third-order valence-electron chi connectivity index (χ3n) is 4.14. The summed E-state index contributed by atoms with van der Waals surface area (Å²) in [7, 11) is 0. The molecule has 2 N–H and O–H groups in total. The van der Waals surface area contributed by atoms with Gasteiger partial charge in [0.25, 0.3) is 0 Å². The van der Waals surface area contributed by atoms with E-state index < -0.39 is 5.97 Å². The van der Waals surface area contributed by atoms with E-state index in [0.717, 1.165) is 10.6 Å². The van der Waals surface area contributed by atoms with Gasteiger partial charge in [-0.3, -0.25) is 9.59 Å². The predicted molar refractivity (Wildman–Crippen MR) is 93.2 cm³/mol. The summed E-state index contributed by atoms with van der Waals surface area (Å²) >= 11 is 7.62. The molecule has 1 aliphatic carbocycles. The van der Waals surface area contributed by atoms with Crippen molar-refractivity contribution < 1.29 is 14.7 Å². The minimum absolute atomic E-state index is 0.0553. The number of aromatic nitrogens is 1. The van der Waals surface area contributed by atoms with Crippen LogP contribution < -0.4 is 5.32 Å². The molecule has 2 aromatic rings. The van der Waals surface area contributed by atoms with Gasteiger partial charge >= 0.3 is 5.97 Å². The predicted octanol–water partition coefficient (Wildman–Crippen LogP) is 3.38. The van der Waals surface area contributed by atoms with Gasteiger partial charge in [-0.15, -0.1) is 11.3 Å². The lowest BCUT2D eigenvalue weighted by Gasteiger charge is -2.11. The zero-order valence-corrected chi connectivity index (χ0v) is 14.4. The SMILES string of the molecule is O=C(Cc1csc(-c2ccccc2Cl)n1)N[C@@H]1CC[C@H](C(=O)O)C1.